The standard InChI is InChI=1S/C15H12N6S2/c1-9-16-13-12(11(8-22-13)10-6-4-3-5-7-10)14(17-9)23-15-18-19-20-21(15)2/h3-8H,1-2H3. The van der Waals surface area contributed by atoms with Gasteiger partial charge in [0.15, 0.2) is 0 Å². The molecule has 0 N–H and O–H groups in total. The fourth-order valence-corrected chi connectivity index (χ4v) is 4.27. The molecule has 0 amide bonds. The van der Waals surface area contributed by atoms with Crippen molar-refractivity contribution < 1.29 is 0 Å². The molecule has 0 saturated carbocycles. The van der Waals surface area contributed by atoms with Gasteiger partial charge in [0.2, 0.25) is 5.16 Å². The normalized spacial score (nSPS) is 11.2. The number of nitrogens with zero attached hydrogens (tertiary/aromatic N) is 6. The van der Waals surface area contributed by atoms with Crippen molar-refractivity contribution in [2.45, 2.75) is 17.1 Å². The number of rotatable bonds is 3. The zero-order chi connectivity index (χ0) is 15.8. The van der Waals surface area contributed by atoms with Gasteiger partial charge in [0.1, 0.15) is 15.7 Å². The zero-order valence-corrected chi connectivity index (χ0v) is 14.1. The van der Waals surface area contributed by atoms with Crippen LogP contribution >= 0.6 is 23.1 Å². The van der Waals surface area contributed by atoms with Gasteiger partial charge in [0.25, 0.3) is 0 Å². The lowest BCUT2D eigenvalue weighted by molar-refractivity contribution is 0.664. The number of thiophene rings is 1. The van der Waals surface area contributed by atoms with Gasteiger partial charge in [-0.15, -0.1) is 16.4 Å². The molecule has 4 aromatic rings. The molecule has 0 atom stereocenters. The van der Waals surface area contributed by atoms with Crippen LogP contribution in [0.5, 0.6) is 0 Å². The van der Waals surface area contributed by atoms with E-state index in [1.807, 2.05) is 32.2 Å². The number of aromatic nitrogens is 6. The Balaban J connectivity index is 1.92. The highest BCUT2D eigenvalue weighted by molar-refractivity contribution is 7.99. The van der Waals surface area contributed by atoms with Crippen LogP contribution in [0.2, 0.25) is 0 Å². The van der Waals surface area contributed by atoms with Gasteiger partial charge in [-0.3, -0.25) is 0 Å². The van der Waals surface area contributed by atoms with Crippen LogP contribution in [-0.4, -0.2) is 30.2 Å². The fourth-order valence-electron chi connectivity index (χ4n) is 2.31. The second kappa shape index (κ2) is 5.71. The van der Waals surface area contributed by atoms with E-state index in [-0.39, 0.29) is 0 Å². The molecule has 8 heteroatoms. The van der Waals surface area contributed by atoms with Crippen molar-refractivity contribution in [3.8, 4) is 11.1 Å². The van der Waals surface area contributed by atoms with Gasteiger partial charge in [-0.1, -0.05) is 30.3 Å². The third-order valence-corrected chi connectivity index (χ3v) is 5.26. The maximum atomic E-state index is 4.63. The van der Waals surface area contributed by atoms with Crippen LogP contribution in [0.3, 0.4) is 0 Å². The molecule has 0 bridgehead atoms. The first-order valence-electron chi connectivity index (χ1n) is 6.94. The predicted octanol–water partition coefficient (Wildman–Crippen LogP) is 3.34. The van der Waals surface area contributed by atoms with Gasteiger partial charge in [-0.05, 0) is 34.7 Å². The van der Waals surface area contributed by atoms with Crippen molar-refractivity contribution in [3.63, 3.8) is 0 Å². The molecule has 6 nitrogen and oxygen atoms in total. The molecule has 0 aliphatic rings. The molecular formula is C15H12N6S2. The van der Waals surface area contributed by atoms with E-state index in [0.717, 1.165) is 32.2 Å². The molecule has 114 valence electrons. The minimum Gasteiger partial charge on any atom is -0.226 e. The summed E-state index contributed by atoms with van der Waals surface area (Å²) in [7, 11) is 1.82. The van der Waals surface area contributed by atoms with Gasteiger partial charge in [0.05, 0.1) is 5.39 Å². The van der Waals surface area contributed by atoms with Crippen LogP contribution in [0.15, 0.2) is 45.9 Å². The average Bonchev–Trinajstić information content (AvgIpc) is 3.15. The summed E-state index contributed by atoms with van der Waals surface area (Å²) in [6.45, 7) is 1.90. The Bertz CT molecular complexity index is 976. The van der Waals surface area contributed by atoms with Gasteiger partial charge >= 0.3 is 0 Å². The highest BCUT2D eigenvalue weighted by Gasteiger charge is 2.17. The average molecular weight is 340 g/mol. The molecule has 1 aromatic carbocycles. The lowest BCUT2D eigenvalue weighted by Crippen LogP contribution is -1.96. The third-order valence-electron chi connectivity index (χ3n) is 3.37. The van der Waals surface area contributed by atoms with Gasteiger partial charge in [0, 0.05) is 18.0 Å². The Kier molecular flexibility index (Phi) is 3.55. The third kappa shape index (κ3) is 2.60. The van der Waals surface area contributed by atoms with Gasteiger partial charge in [-0.25, -0.2) is 14.6 Å². The Morgan fingerprint density at radius 2 is 1.96 bits per heavy atom. The molecule has 0 radical (unpaired) electrons. The van der Waals surface area contributed by atoms with E-state index >= 15 is 0 Å². The Hall–Kier alpha value is -2.32. The number of tetrazole rings is 1. The summed E-state index contributed by atoms with van der Waals surface area (Å²) in [4.78, 5) is 10.2. The summed E-state index contributed by atoms with van der Waals surface area (Å²) < 4.78 is 1.64. The SMILES string of the molecule is Cc1nc(Sc2nnnn2C)c2c(-c3ccccc3)csc2n1. The number of benzene rings is 1. The number of hydrogen-bond acceptors (Lipinski definition) is 7. The summed E-state index contributed by atoms with van der Waals surface area (Å²) in [6.07, 6.45) is 0. The lowest BCUT2D eigenvalue weighted by atomic mass is 10.1. The van der Waals surface area contributed by atoms with Crippen LogP contribution in [-0.2, 0) is 7.05 Å². The maximum absolute atomic E-state index is 4.63. The minimum atomic E-state index is 0.703. The number of hydrogen-bond donors (Lipinski definition) is 0. The van der Waals surface area contributed by atoms with Crippen LogP contribution in [0.1, 0.15) is 5.82 Å². The first-order chi connectivity index (χ1) is 11.2. The first kappa shape index (κ1) is 14.3. The molecular weight excluding hydrogens is 328 g/mol. The van der Waals surface area contributed by atoms with Gasteiger partial charge in [-0.2, -0.15) is 0 Å². The largest absolute Gasteiger partial charge is 0.226 e. The van der Waals surface area contributed by atoms with E-state index in [4.69, 9.17) is 0 Å². The lowest BCUT2D eigenvalue weighted by Gasteiger charge is -2.05. The molecule has 0 spiro atoms. The van der Waals surface area contributed by atoms with E-state index in [0.29, 0.717) is 5.16 Å². The van der Waals surface area contributed by atoms with Gasteiger partial charge < -0.3 is 0 Å². The summed E-state index contributed by atoms with van der Waals surface area (Å²) >= 11 is 3.09. The molecule has 0 unspecified atom stereocenters. The zero-order valence-electron chi connectivity index (χ0n) is 12.5. The maximum Gasteiger partial charge on any atom is 0.215 e. The van der Waals surface area contributed by atoms with Crippen molar-refractivity contribution in [1.82, 2.24) is 30.2 Å². The van der Waals surface area contributed by atoms with Crippen molar-refractivity contribution >= 4 is 33.3 Å². The van der Waals surface area contributed by atoms with Crippen molar-refractivity contribution in [3.05, 3.63) is 41.5 Å². The molecule has 0 aliphatic heterocycles. The molecule has 0 saturated heterocycles. The fraction of sp³-hybridized carbons (Fsp3) is 0.133. The molecule has 4 rings (SSSR count). The summed E-state index contributed by atoms with van der Waals surface area (Å²) in [5.41, 5.74) is 2.30. The van der Waals surface area contributed by atoms with E-state index in [1.54, 1.807) is 16.0 Å². The van der Waals surface area contributed by atoms with Crippen molar-refractivity contribution in [2.24, 2.45) is 7.05 Å². The van der Waals surface area contributed by atoms with Crippen molar-refractivity contribution in [2.75, 3.05) is 0 Å². The first-order valence-corrected chi connectivity index (χ1v) is 8.63. The molecule has 23 heavy (non-hydrogen) atoms. The van der Waals surface area contributed by atoms with Crippen LogP contribution in [0.4, 0.5) is 0 Å². The molecule has 0 fully saturated rings. The van der Waals surface area contributed by atoms with E-state index < -0.39 is 0 Å². The Labute approximate surface area is 140 Å². The smallest absolute Gasteiger partial charge is 0.215 e. The number of aryl methyl sites for hydroxylation is 2. The van der Waals surface area contributed by atoms with Crippen molar-refractivity contribution in [1.29, 1.82) is 0 Å². The Morgan fingerprint density at radius 3 is 2.70 bits per heavy atom. The summed E-state index contributed by atoms with van der Waals surface area (Å²) in [5.74, 6) is 0.747. The van der Waals surface area contributed by atoms with Crippen LogP contribution in [0.25, 0.3) is 21.3 Å². The monoisotopic (exact) mass is 340 g/mol. The second-order valence-electron chi connectivity index (χ2n) is 4.96. The Morgan fingerprint density at radius 1 is 1.13 bits per heavy atom. The minimum absolute atomic E-state index is 0.703. The highest BCUT2D eigenvalue weighted by atomic mass is 32.2. The summed E-state index contributed by atoms with van der Waals surface area (Å²) in [6, 6.07) is 10.3. The second-order valence-corrected chi connectivity index (χ2v) is 6.77. The van der Waals surface area contributed by atoms with E-state index in [2.05, 4.69) is 43.0 Å². The molecule has 0 aliphatic carbocycles. The number of fused-ring (bicyclic) bond motifs is 1. The summed E-state index contributed by atoms with van der Waals surface area (Å²) in [5, 5.41) is 16.4. The quantitative estimate of drug-likeness (QED) is 0.533. The molecule has 3 heterocycles. The topological polar surface area (TPSA) is 69.4 Å². The van der Waals surface area contributed by atoms with E-state index in [9.17, 15) is 0 Å². The predicted molar refractivity (Wildman–Crippen MR) is 90.5 cm³/mol. The molecule has 3 aromatic heterocycles. The van der Waals surface area contributed by atoms with E-state index in [1.165, 1.54) is 11.8 Å². The van der Waals surface area contributed by atoms with Crippen LogP contribution < -0.4 is 0 Å². The highest BCUT2D eigenvalue weighted by Crippen LogP contribution is 2.39. The van der Waals surface area contributed by atoms with Crippen LogP contribution in [0, 0.1) is 6.92 Å².